The standard InChI is InChI=1S/C20H30N2O2/c1-16-18(14-17-6-4-3-5-7-17)8-13-22(16)19(23)20(15-24-2)9-11-21-12-10-20/h3-7,16,18,21H,8-15H2,1-2H3. The van der Waals surface area contributed by atoms with Crippen LogP contribution in [0.25, 0.3) is 0 Å². The molecule has 4 heteroatoms. The zero-order valence-corrected chi connectivity index (χ0v) is 15.0. The highest BCUT2D eigenvalue weighted by Crippen LogP contribution is 2.36. The molecule has 2 aliphatic rings. The lowest BCUT2D eigenvalue weighted by Gasteiger charge is -2.40. The van der Waals surface area contributed by atoms with Gasteiger partial charge in [0.2, 0.25) is 5.91 Å². The number of nitrogens with zero attached hydrogens (tertiary/aromatic N) is 1. The van der Waals surface area contributed by atoms with E-state index < -0.39 is 0 Å². The Balaban J connectivity index is 1.69. The molecule has 0 radical (unpaired) electrons. The topological polar surface area (TPSA) is 41.6 Å². The molecule has 0 aliphatic carbocycles. The smallest absolute Gasteiger partial charge is 0.231 e. The summed E-state index contributed by atoms with van der Waals surface area (Å²) in [5, 5.41) is 3.37. The van der Waals surface area contributed by atoms with Gasteiger partial charge in [0, 0.05) is 19.7 Å². The molecule has 1 N–H and O–H groups in total. The van der Waals surface area contributed by atoms with Gasteiger partial charge < -0.3 is 15.0 Å². The van der Waals surface area contributed by atoms with E-state index in [1.807, 2.05) is 0 Å². The molecule has 0 aromatic heterocycles. The SMILES string of the molecule is COCC1(C(=O)N2CCC(Cc3ccccc3)C2C)CCNCC1. The maximum atomic E-state index is 13.3. The Hall–Kier alpha value is -1.39. The third-order valence-electron chi connectivity index (χ3n) is 5.95. The number of benzene rings is 1. The summed E-state index contributed by atoms with van der Waals surface area (Å²) in [7, 11) is 1.71. The van der Waals surface area contributed by atoms with E-state index in [1.165, 1.54) is 5.56 Å². The van der Waals surface area contributed by atoms with Crippen LogP contribution in [0.15, 0.2) is 30.3 Å². The van der Waals surface area contributed by atoms with Crippen molar-refractivity contribution < 1.29 is 9.53 Å². The first-order chi connectivity index (χ1) is 11.7. The van der Waals surface area contributed by atoms with Gasteiger partial charge in [0.25, 0.3) is 0 Å². The second-order valence-corrected chi connectivity index (χ2v) is 7.44. The number of hydrogen-bond donors (Lipinski definition) is 1. The van der Waals surface area contributed by atoms with Crippen LogP contribution in [-0.2, 0) is 16.0 Å². The minimum atomic E-state index is -0.324. The van der Waals surface area contributed by atoms with Crippen molar-refractivity contribution in [3.05, 3.63) is 35.9 Å². The summed E-state index contributed by atoms with van der Waals surface area (Å²) in [6, 6.07) is 10.9. The molecule has 0 saturated carbocycles. The van der Waals surface area contributed by atoms with Gasteiger partial charge in [-0.05, 0) is 57.2 Å². The molecule has 3 rings (SSSR count). The maximum Gasteiger partial charge on any atom is 0.231 e. The van der Waals surface area contributed by atoms with Gasteiger partial charge in [-0.15, -0.1) is 0 Å². The molecule has 132 valence electrons. The number of nitrogens with one attached hydrogen (secondary N) is 1. The van der Waals surface area contributed by atoms with Crippen LogP contribution in [0.5, 0.6) is 0 Å². The number of rotatable bonds is 5. The Morgan fingerprint density at radius 2 is 2.00 bits per heavy atom. The Labute approximate surface area is 145 Å². The number of amides is 1. The zero-order valence-electron chi connectivity index (χ0n) is 15.0. The number of piperidine rings is 1. The van der Waals surface area contributed by atoms with Crippen molar-refractivity contribution in [2.45, 2.75) is 38.6 Å². The Bertz CT molecular complexity index is 534. The monoisotopic (exact) mass is 330 g/mol. The Kier molecular flexibility index (Phi) is 5.57. The van der Waals surface area contributed by atoms with E-state index in [2.05, 4.69) is 47.5 Å². The summed E-state index contributed by atoms with van der Waals surface area (Å²) in [5.74, 6) is 0.867. The molecule has 2 heterocycles. The van der Waals surface area contributed by atoms with Crippen LogP contribution in [0.2, 0.25) is 0 Å². The number of hydrogen-bond acceptors (Lipinski definition) is 3. The summed E-state index contributed by atoms with van der Waals surface area (Å²) in [6.45, 7) is 5.46. The van der Waals surface area contributed by atoms with Crippen LogP contribution >= 0.6 is 0 Å². The third-order valence-corrected chi connectivity index (χ3v) is 5.95. The van der Waals surface area contributed by atoms with Crippen LogP contribution in [0.1, 0.15) is 31.7 Å². The second kappa shape index (κ2) is 7.66. The first-order valence-corrected chi connectivity index (χ1v) is 9.21. The molecule has 0 bridgehead atoms. The number of carbonyl (C=O) groups excluding carboxylic acids is 1. The summed E-state index contributed by atoms with van der Waals surface area (Å²) >= 11 is 0. The van der Waals surface area contributed by atoms with Crippen LogP contribution < -0.4 is 5.32 Å². The summed E-state index contributed by atoms with van der Waals surface area (Å²) in [4.78, 5) is 15.5. The van der Waals surface area contributed by atoms with E-state index in [-0.39, 0.29) is 5.41 Å². The molecule has 2 unspecified atom stereocenters. The van der Waals surface area contributed by atoms with Crippen LogP contribution in [0.4, 0.5) is 0 Å². The predicted octanol–water partition coefficient (Wildman–Crippen LogP) is 2.48. The van der Waals surface area contributed by atoms with E-state index >= 15 is 0 Å². The van der Waals surface area contributed by atoms with Gasteiger partial charge >= 0.3 is 0 Å². The lowest BCUT2D eigenvalue weighted by atomic mass is 9.78. The zero-order chi connectivity index (χ0) is 17.0. The molecule has 24 heavy (non-hydrogen) atoms. The highest BCUT2D eigenvalue weighted by atomic mass is 16.5. The highest BCUT2D eigenvalue weighted by molar-refractivity contribution is 5.83. The summed E-state index contributed by atoms with van der Waals surface area (Å²) in [6.07, 6.45) is 3.92. The fourth-order valence-corrected chi connectivity index (χ4v) is 4.39. The van der Waals surface area contributed by atoms with Crippen molar-refractivity contribution >= 4 is 5.91 Å². The third kappa shape index (κ3) is 3.50. The van der Waals surface area contributed by atoms with Gasteiger partial charge in [-0.1, -0.05) is 30.3 Å². The van der Waals surface area contributed by atoms with E-state index in [0.29, 0.717) is 24.5 Å². The maximum absolute atomic E-state index is 13.3. The van der Waals surface area contributed by atoms with Crippen molar-refractivity contribution in [1.82, 2.24) is 10.2 Å². The van der Waals surface area contributed by atoms with Gasteiger partial charge in [-0.3, -0.25) is 4.79 Å². The van der Waals surface area contributed by atoms with Crippen molar-refractivity contribution in [2.24, 2.45) is 11.3 Å². The fourth-order valence-electron chi connectivity index (χ4n) is 4.39. The molecular formula is C20H30N2O2. The molecule has 2 fully saturated rings. The first kappa shape index (κ1) is 17.4. The van der Waals surface area contributed by atoms with Gasteiger partial charge in [-0.25, -0.2) is 0 Å². The molecule has 0 spiro atoms. The molecule has 1 aromatic rings. The van der Waals surface area contributed by atoms with Crippen LogP contribution in [0.3, 0.4) is 0 Å². The van der Waals surface area contributed by atoms with Crippen LogP contribution in [0, 0.1) is 11.3 Å². The normalized spacial score (nSPS) is 26.5. The predicted molar refractivity (Wildman–Crippen MR) is 95.8 cm³/mol. The summed E-state index contributed by atoms with van der Waals surface area (Å²) in [5.41, 5.74) is 1.05. The van der Waals surface area contributed by atoms with E-state index in [4.69, 9.17) is 4.74 Å². The Morgan fingerprint density at radius 3 is 2.67 bits per heavy atom. The summed E-state index contributed by atoms with van der Waals surface area (Å²) < 4.78 is 5.45. The second-order valence-electron chi connectivity index (χ2n) is 7.44. The molecule has 4 nitrogen and oxygen atoms in total. The van der Waals surface area contributed by atoms with Crippen molar-refractivity contribution in [2.75, 3.05) is 33.4 Å². The van der Waals surface area contributed by atoms with Gasteiger partial charge in [0.05, 0.1) is 12.0 Å². The van der Waals surface area contributed by atoms with E-state index in [0.717, 1.165) is 45.3 Å². The van der Waals surface area contributed by atoms with Crippen LogP contribution in [-0.4, -0.2) is 50.2 Å². The van der Waals surface area contributed by atoms with E-state index in [9.17, 15) is 4.79 Å². The lowest BCUT2D eigenvalue weighted by Crippen LogP contribution is -2.52. The Morgan fingerprint density at radius 1 is 1.29 bits per heavy atom. The fraction of sp³-hybridized carbons (Fsp3) is 0.650. The molecular weight excluding hydrogens is 300 g/mol. The molecule has 1 aromatic carbocycles. The minimum absolute atomic E-state index is 0.307. The lowest BCUT2D eigenvalue weighted by molar-refractivity contribution is -0.148. The van der Waals surface area contributed by atoms with Crippen molar-refractivity contribution in [3.8, 4) is 0 Å². The average Bonchev–Trinajstić information content (AvgIpc) is 2.97. The van der Waals surface area contributed by atoms with E-state index in [1.54, 1.807) is 7.11 Å². The number of ether oxygens (including phenoxy) is 1. The van der Waals surface area contributed by atoms with Crippen molar-refractivity contribution in [3.63, 3.8) is 0 Å². The van der Waals surface area contributed by atoms with Gasteiger partial charge in [-0.2, -0.15) is 0 Å². The molecule has 1 amide bonds. The highest BCUT2D eigenvalue weighted by Gasteiger charge is 2.46. The number of likely N-dealkylation sites (tertiary alicyclic amines) is 1. The molecule has 2 atom stereocenters. The first-order valence-electron chi connectivity index (χ1n) is 9.21. The average molecular weight is 330 g/mol. The van der Waals surface area contributed by atoms with Gasteiger partial charge in [0.15, 0.2) is 0 Å². The van der Waals surface area contributed by atoms with Gasteiger partial charge in [0.1, 0.15) is 0 Å². The largest absolute Gasteiger partial charge is 0.384 e. The minimum Gasteiger partial charge on any atom is -0.384 e. The quantitative estimate of drug-likeness (QED) is 0.902. The number of methoxy groups -OCH3 is 1. The van der Waals surface area contributed by atoms with Crippen molar-refractivity contribution in [1.29, 1.82) is 0 Å². The molecule has 2 aliphatic heterocycles. The number of carbonyl (C=O) groups is 1. The molecule has 2 saturated heterocycles.